The Hall–Kier alpha value is -1.62. The van der Waals surface area contributed by atoms with Gasteiger partial charge in [-0.1, -0.05) is 36.4 Å². The molecule has 0 bridgehead atoms. The Labute approximate surface area is 149 Å². The minimum atomic E-state index is 0. The Morgan fingerprint density at radius 2 is 1.59 bits per heavy atom. The van der Waals surface area contributed by atoms with Gasteiger partial charge in [0.1, 0.15) is 5.69 Å². The summed E-state index contributed by atoms with van der Waals surface area (Å²) in [6, 6.07) is 19.3. The summed E-state index contributed by atoms with van der Waals surface area (Å²) in [4.78, 5) is 0. The monoisotopic (exact) mass is 404 g/mol. The molecule has 0 aliphatic heterocycles. The van der Waals surface area contributed by atoms with Crippen molar-refractivity contribution in [3.8, 4) is 22.5 Å². The SMILES string of the molecule is Cc1cccc(-c2cc(-c3ccccc3)[n+](C)n2C)c1C.[I-]. The molecule has 3 rings (SSSR count). The van der Waals surface area contributed by atoms with E-state index in [4.69, 9.17) is 0 Å². The van der Waals surface area contributed by atoms with Crippen LogP contribution in [-0.4, -0.2) is 4.68 Å². The molecule has 114 valence electrons. The van der Waals surface area contributed by atoms with Crippen molar-refractivity contribution in [1.82, 2.24) is 4.68 Å². The molecule has 2 aromatic carbocycles. The largest absolute Gasteiger partial charge is 1.00 e. The zero-order valence-corrected chi connectivity index (χ0v) is 15.6. The molecular formula is C19H21IN2. The van der Waals surface area contributed by atoms with Gasteiger partial charge in [-0.25, -0.2) is 0 Å². The van der Waals surface area contributed by atoms with Gasteiger partial charge >= 0.3 is 0 Å². The lowest BCUT2D eigenvalue weighted by atomic mass is 10.0. The van der Waals surface area contributed by atoms with E-state index in [1.54, 1.807) is 0 Å². The van der Waals surface area contributed by atoms with Crippen molar-refractivity contribution in [2.75, 3.05) is 0 Å². The van der Waals surface area contributed by atoms with Crippen LogP contribution in [0.3, 0.4) is 0 Å². The number of rotatable bonds is 2. The van der Waals surface area contributed by atoms with Gasteiger partial charge in [0.15, 0.2) is 7.05 Å². The number of hydrogen-bond acceptors (Lipinski definition) is 0. The number of hydrogen-bond donors (Lipinski definition) is 0. The maximum absolute atomic E-state index is 2.27. The molecule has 0 aliphatic rings. The third-order valence-electron chi connectivity index (χ3n) is 4.37. The van der Waals surface area contributed by atoms with Crippen molar-refractivity contribution in [1.29, 1.82) is 0 Å². The third-order valence-corrected chi connectivity index (χ3v) is 4.37. The maximum atomic E-state index is 2.27. The minimum absolute atomic E-state index is 0. The smallest absolute Gasteiger partial charge is 0.238 e. The normalized spacial score (nSPS) is 10.4. The summed E-state index contributed by atoms with van der Waals surface area (Å²) in [5.74, 6) is 0. The first kappa shape index (κ1) is 16.7. The van der Waals surface area contributed by atoms with Gasteiger partial charge in [-0.05, 0) is 37.1 Å². The summed E-state index contributed by atoms with van der Waals surface area (Å²) in [5.41, 5.74) is 7.70. The first-order valence-corrected chi connectivity index (χ1v) is 7.27. The zero-order valence-electron chi connectivity index (χ0n) is 13.5. The second-order valence-electron chi connectivity index (χ2n) is 5.58. The van der Waals surface area contributed by atoms with E-state index in [0.29, 0.717) is 0 Å². The van der Waals surface area contributed by atoms with Crippen LogP contribution in [0.15, 0.2) is 54.6 Å². The van der Waals surface area contributed by atoms with Crippen molar-refractivity contribution in [2.45, 2.75) is 13.8 Å². The predicted octanol–water partition coefficient (Wildman–Crippen LogP) is 0.804. The van der Waals surface area contributed by atoms with Crippen molar-refractivity contribution in [3.63, 3.8) is 0 Å². The number of nitrogens with zero attached hydrogens (tertiary/aromatic N) is 2. The van der Waals surface area contributed by atoms with Crippen LogP contribution in [0.1, 0.15) is 11.1 Å². The topological polar surface area (TPSA) is 8.81 Å². The van der Waals surface area contributed by atoms with E-state index in [-0.39, 0.29) is 24.0 Å². The Kier molecular flexibility index (Phi) is 5.06. The Morgan fingerprint density at radius 1 is 0.909 bits per heavy atom. The lowest BCUT2D eigenvalue weighted by Gasteiger charge is -2.07. The highest BCUT2D eigenvalue weighted by Gasteiger charge is 2.20. The predicted molar refractivity (Wildman–Crippen MR) is 86.9 cm³/mol. The van der Waals surface area contributed by atoms with E-state index in [9.17, 15) is 0 Å². The van der Waals surface area contributed by atoms with Gasteiger partial charge in [-0.3, -0.25) is 0 Å². The molecule has 1 heterocycles. The summed E-state index contributed by atoms with van der Waals surface area (Å²) in [5, 5.41) is 0. The molecule has 0 saturated heterocycles. The Balaban J connectivity index is 0.00000176. The van der Waals surface area contributed by atoms with Gasteiger partial charge in [-0.15, -0.1) is 4.68 Å². The fraction of sp³-hybridized carbons (Fsp3) is 0.211. The van der Waals surface area contributed by atoms with Crippen LogP contribution in [0.4, 0.5) is 0 Å². The van der Waals surface area contributed by atoms with Crippen LogP contribution >= 0.6 is 0 Å². The number of aryl methyl sites for hydroxylation is 1. The number of aromatic nitrogens is 2. The summed E-state index contributed by atoms with van der Waals surface area (Å²) < 4.78 is 4.41. The molecule has 3 heteroatoms. The Bertz CT molecular complexity index is 789. The second kappa shape index (κ2) is 6.65. The molecular weight excluding hydrogens is 383 g/mol. The average molecular weight is 404 g/mol. The van der Waals surface area contributed by atoms with E-state index in [1.165, 1.54) is 33.6 Å². The second-order valence-corrected chi connectivity index (χ2v) is 5.58. The van der Waals surface area contributed by atoms with Crippen LogP contribution in [0, 0.1) is 13.8 Å². The van der Waals surface area contributed by atoms with Crippen molar-refractivity contribution < 1.29 is 28.7 Å². The summed E-state index contributed by atoms with van der Waals surface area (Å²) in [6.07, 6.45) is 0. The van der Waals surface area contributed by atoms with Crippen molar-refractivity contribution in [2.24, 2.45) is 14.1 Å². The van der Waals surface area contributed by atoms with Gasteiger partial charge < -0.3 is 24.0 Å². The number of halogens is 1. The first-order valence-electron chi connectivity index (χ1n) is 7.27. The molecule has 0 radical (unpaired) electrons. The van der Waals surface area contributed by atoms with E-state index in [0.717, 1.165) is 0 Å². The van der Waals surface area contributed by atoms with Crippen LogP contribution in [-0.2, 0) is 14.1 Å². The maximum Gasteiger partial charge on any atom is 0.238 e. The summed E-state index contributed by atoms with van der Waals surface area (Å²) in [6.45, 7) is 4.36. The van der Waals surface area contributed by atoms with Crippen molar-refractivity contribution in [3.05, 3.63) is 65.7 Å². The van der Waals surface area contributed by atoms with E-state index in [2.05, 4.69) is 91.9 Å². The summed E-state index contributed by atoms with van der Waals surface area (Å²) >= 11 is 0. The molecule has 0 aliphatic carbocycles. The third kappa shape index (κ3) is 2.82. The molecule has 0 saturated carbocycles. The molecule has 0 unspecified atom stereocenters. The molecule has 1 aromatic heterocycles. The molecule has 0 atom stereocenters. The fourth-order valence-corrected chi connectivity index (χ4v) is 2.80. The van der Waals surface area contributed by atoms with Crippen LogP contribution in [0.25, 0.3) is 22.5 Å². The van der Waals surface area contributed by atoms with E-state index in [1.807, 2.05) is 0 Å². The Morgan fingerprint density at radius 3 is 2.27 bits per heavy atom. The van der Waals surface area contributed by atoms with Crippen LogP contribution in [0.2, 0.25) is 0 Å². The lowest BCUT2D eigenvalue weighted by molar-refractivity contribution is -0.740. The molecule has 3 aromatic rings. The molecule has 0 N–H and O–H groups in total. The fourth-order valence-electron chi connectivity index (χ4n) is 2.80. The quantitative estimate of drug-likeness (QED) is 0.442. The highest BCUT2D eigenvalue weighted by molar-refractivity contribution is 5.69. The average Bonchev–Trinajstić information content (AvgIpc) is 2.79. The van der Waals surface area contributed by atoms with Gasteiger partial charge in [-0.2, -0.15) is 4.68 Å². The van der Waals surface area contributed by atoms with Crippen LogP contribution < -0.4 is 28.7 Å². The van der Waals surface area contributed by atoms with Crippen molar-refractivity contribution >= 4 is 0 Å². The minimum Gasteiger partial charge on any atom is -1.00 e. The van der Waals surface area contributed by atoms with Gasteiger partial charge in [0.2, 0.25) is 5.69 Å². The van der Waals surface area contributed by atoms with Gasteiger partial charge in [0, 0.05) is 17.2 Å². The standard InChI is InChI=1S/C19H21N2.HI/c1-14-9-8-12-17(15(14)2)19-13-18(20(3)21(19)4)16-10-6-5-7-11-16;/h5-13H,1-4H3;1H/q+1;/p-1. The number of benzene rings is 2. The van der Waals surface area contributed by atoms with E-state index < -0.39 is 0 Å². The molecule has 22 heavy (non-hydrogen) atoms. The van der Waals surface area contributed by atoms with Gasteiger partial charge in [0.25, 0.3) is 0 Å². The van der Waals surface area contributed by atoms with E-state index >= 15 is 0 Å². The highest BCUT2D eigenvalue weighted by Crippen LogP contribution is 2.28. The summed E-state index contributed by atoms with van der Waals surface area (Å²) in [7, 11) is 4.22. The molecule has 0 spiro atoms. The molecule has 0 amide bonds. The van der Waals surface area contributed by atoms with Gasteiger partial charge in [0.05, 0.1) is 7.05 Å². The molecule has 0 fully saturated rings. The first-order chi connectivity index (χ1) is 10.1. The highest BCUT2D eigenvalue weighted by atomic mass is 127. The molecule has 2 nitrogen and oxygen atoms in total. The van der Waals surface area contributed by atoms with Crippen LogP contribution in [0.5, 0.6) is 0 Å². The lowest BCUT2D eigenvalue weighted by Crippen LogP contribution is -3.00. The zero-order chi connectivity index (χ0) is 15.0.